The predicted molar refractivity (Wildman–Crippen MR) is 90.2 cm³/mol. The highest BCUT2D eigenvalue weighted by molar-refractivity contribution is 7.80. The van der Waals surface area contributed by atoms with Gasteiger partial charge in [-0.3, -0.25) is 0 Å². The summed E-state index contributed by atoms with van der Waals surface area (Å²) in [5, 5.41) is 0. The van der Waals surface area contributed by atoms with Crippen molar-refractivity contribution in [2.24, 2.45) is 5.73 Å². The zero-order chi connectivity index (χ0) is 16.0. The number of rotatable bonds is 8. The van der Waals surface area contributed by atoms with Crippen LogP contribution in [0.2, 0.25) is 0 Å². The average Bonchev–Trinajstić information content (AvgIpc) is 2.38. The predicted octanol–water partition coefficient (Wildman–Crippen LogP) is 1.82. The van der Waals surface area contributed by atoms with E-state index in [-0.39, 0.29) is 6.04 Å². The second kappa shape index (κ2) is 8.26. The Kier molecular flexibility index (Phi) is 7.01. The molecule has 0 bridgehead atoms. The SMILES string of the molecule is COCCN(c1nc(C)cc(C)c1C(N)=S)C(C)COC. The molecule has 5 nitrogen and oxygen atoms in total. The van der Waals surface area contributed by atoms with Crippen LogP contribution in [-0.4, -0.2) is 50.0 Å². The van der Waals surface area contributed by atoms with E-state index in [4.69, 9.17) is 27.4 Å². The Labute approximate surface area is 132 Å². The zero-order valence-electron chi connectivity index (χ0n) is 13.5. The van der Waals surface area contributed by atoms with Crippen molar-refractivity contribution in [1.29, 1.82) is 0 Å². The van der Waals surface area contributed by atoms with Crippen LogP contribution in [0.15, 0.2) is 6.07 Å². The van der Waals surface area contributed by atoms with Crippen LogP contribution in [0.3, 0.4) is 0 Å². The molecular formula is C15H25N3O2S. The third kappa shape index (κ3) is 4.62. The maximum atomic E-state index is 5.91. The Balaban J connectivity index is 3.30. The first-order chi connectivity index (χ1) is 9.92. The van der Waals surface area contributed by atoms with Crippen molar-refractivity contribution >= 4 is 23.0 Å². The molecule has 2 N–H and O–H groups in total. The van der Waals surface area contributed by atoms with Gasteiger partial charge in [0.05, 0.1) is 24.8 Å². The maximum Gasteiger partial charge on any atom is 0.139 e. The molecule has 0 saturated carbocycles. The van der Waals surface area contributed by atoms with Crippen LogP contribution in [0, 0.1) is 13.8 Å². The number of aromatic nitrogens is 1. The Bertz CT molecular complexity index is 494. The summed E-state index contributed by atoms with van der Waals surface area (Å²) in [5.74, 6) is 0.807. The highest BCUT2D eigenvalue weighted by atomic mass is 32.1. The van der Waals surface area contributed by atoms with Gasteiger partial charge < -0.3 is 20.1 Å². The van der Waals surface area contributed by atoms with E-state index in [0.717, 1.165) is 22.6 Å². The molecule has 1 atom stereocenters. The van der Waals surface area contributed by atoms with Crippen LogP contribution in [0.5, 0.6) is 0 Å². The summed E-state index contributed by atoms with van der Waals surface area (Å²) in [4.78, 5) is 7.16. The van der Waals surface area contributed by atoms with E-state index in [1.54, 1.807) is 14.2 Å². The molecule has 1 rings (SSSR count). The number of methoxy groups -OCH3 is 2. The largest absolute Gasteiger partial charge is 0.389 e. The van der Waals surface area contributed by atoms with E-state index in [1.807, 2.05) is 19.9 Å². The quantitative estimate of drug-likeness (QED) is 0.739. The normalized spacial score (nSPS) is 12.2. The molecule has 0 radical (unpaired) electrons. The van der Waals surface area contributed by atoms with Gasteiger partial charge in [0.2, 0.25) is 0 Å². The maximum absolute atomic E-state index is 5.91. The van der Waals surface area contributed by atoms with Gasteiger partial charge >= 0.3 is 0 Å². The first kappa shape index (κ1) is 17.8. The minimum absolute atomic E-state index is 0.145. The van der Waals surface area contributed by atoms with E-state index in [9.17, 15) is 0 Å². The number of aryl methyl sites for hydroxylation is 2. The molecule has 0 aromatic carbocycles. The van der Waals surface area contributed by atoms with Crippen LogP contribution in [0.1, 0.15) is 23.7 Å². The Morgan fingerprint density at radius 3 is 2.57 bits per heavy atom. The molecule has 1 aromatic heterocycles. The smallest absolute Gasteiger partial charge is 0.139 e. The lowest BCUT2D eigenvalue weighted by molar-refractivity contribution is 0.170. The highest BCUT2D eigenvalue weighted by Crippen LogP contribution is 2.24. The molecule has 118 valence electrons. The van der Waals surface area contributed by atoms with Crippen LogP contribution in [-0.2, 0) is 9.47 Å². The highest BCUT2D eigenvalue weighted by Gasteiger charge is 2.22. The van der Waals surface area contributed by atoms with Crippen molar-refractivity contribution in [2.75, 3.05) is 38.9 Å². The lowest BCUT2D eigenvalue weighted by Crippen LogP contribution is -2.40. The van der Waals surface area contributed by atoms with Crippen molar-refractivity contribution in [1.82, 2.24) is 4.98 Å². The van der Waals surface area contributed by atoms with Gasteiger partial charge in [0.1, 0.15) is 10.8 Å². The summed E-state index contributed by atoms with van der Waals surface area (Å²) in [6.07, 6.45) is 0. The van der Waals surface area contributed by atoms with Crippen molar-refractivity contribution in [3.05, 3.63) is 22.9 Å². The number of nitrogens with two attached hydrogens (primary N) is 1. The molecule has 0 aliphatic carbocycles. The Hall–Kier alpha value is -1.24. The summed E-state index contributed by atoms with van der Waals surface area (Å²) < 4.78 is 10.5. The Morgan fingerprint density at radius 1 is 1.38 bits per heavy atom. The summed E-state index contributed by atoms with van der Waals surface area (Å²) in [6.45, 7) is 7.94. The number of hydrogen-bond donors (Lipinski definition) is 1. The number of nitrogens with zero attached hydrogens (tertiary/aromatic N) is 2. The lowest BCUT2D eigenvalue weighted by atomic mass is 10.1. The number of pyridine rings is 1. The molecular weight excluding hydrogens is 286 g/mol. The van der Waals surface area contributed by atoms with Crippen LogP contribution < -0.4 is 10.6 Å². The molecule has 1 unspecified atom stereocenters. The molecule has 0 saturated heterocycles. The minimum atomic E-state index is 0.145. The standard InChI is InChI=1S/C15H25N3O2S/c1-10-8-11(2)17-15(13(10)14(16)21)18(6-7-19-4)12(3)9-20-5/h8,12H,6-7,9H2,1-5H3,(H2,16,21). The third-order valence-corrected chi connectivity index (χ3v) is 3.52. The van der Waals surface area contributed by atoms with Gasteiger partial charge in [-0.25, -0.2) is 4.98 Å². The summed E-state index contributed by atoms with van der Waals surface area (Å²) >= 11 is 5.21. The molecule has 0 fully saturated rings. The molecule has 21 heavy (non-hydrogen) atoms. The number of ether oxygens (including phenoxy) is 2. The van der Waals surface area contributed by atoms with E-state index >= 15 is 0 Å². The molecule has 0 amide bonds. The summed E-state index contributed by atoms with van der Waals surface area (Å²) in [5.41, 5.74) is 8.71. The second-order valence-electron chi connectivity index (χ2n) is 5.13. The van der Waals surface area contributed by atoms with E-state index < -0.39 is 0 Å². The first-order valence-electron chi connectivity index (χ1n) is 6.94. The summed E-state index contributed by atoms with van der Waals surface area (Å²) in [7, 11) is 3.37. The molecule has 0 spiro atoms. The Morgan fingerprint density at radius 2 is 2.05 bits per heavy atom. The lowest BCUT2D eigenvalue weighted by Gasteiger charge is -2.32. The van der Waals surface area contributed by atoms with Gasteiger partial charge in [0.15, 0.2) is 0 Å². The van der Waals surface area contributed by atoms with Gasteiger partial charge in [0.25, 0.3) is 0 Å². The first-order valence-corrected chi connectivity index (χ1v) is 7.35. The van der Waals surface area contributed by atoms with Crippen LogP contribution in [0.25, 0.3) is 0 Å². The second-order valence-corrected chi connectivity index (χ2v) is 5.57. The van der Waals surface area contributed by atoms with Crippen molar-refractivity contribution in [3.8, 4) is 0 Å². The van der Waals surface area contributed by atoms with Gasteiger partial charge in [0, 0.05) is 26.5 Å². The zero-order valence-corrected chi connectivity index (χ0v) is 14.3. The fourth-order valence-electron chi connectivity index (χ4n) is 2.39. The van der Waals surface area contributed by atoms with Crippen LogP contribution >= 0.6 is 12.2 Å². The van der Waals surface area contributed by atoms with Gasteiger partial charge in [-0.05, 0) is 32.4 Å². The molecule has 0 aliphatic rings. The van der Waals surface area contributed by atoms with Crippen molar-refractivity contribution in [2.45, 2.75) is 26.8 Å². The minimum Gasteiger partial charge on any atom is -0.389 e. The topological polar surface area (TPSA) is 60.6 Å². The molecule has 1 aromatic rings. The van der Waals surface area contributed by atoms with E-state index in [1.165, 1.54) is 0 Å². The number of thiocarbonyl (C=S) groups is 1. The summed E-state index contributed by atoms with van der Waals surface area (Å²) in [6, 6.07) is 2.14. The number of hydrogen-bond acceptors (Lipinski definition) is 5. The molecule has 1 heterocycles. The van der Waals surface area contributed by atoms with Crippen LogP contribution in [0.4, 0.5) is 5.82 Å². The third-order valence-electron chi connectivity index (χ3n) is 3.32. The van der Waals surface area contributed by atoms with E-state index in [2.05, 4.69) is 16.8 Å². The molecule has 6 heteroatoms. The van der Waals surface area contributed by atoms with Gasteiger partial charge in [-0.2, -0.15) is 0 Å². The fourth-order valence-corrected chi connectivity index (χ4v) is 2.64. The monoisotopic (exact) mass is 311 g/mol. The fraction of sp³-hybridized carbons (Fsp3) is 0.600. The van der Waals surface area contributed by atoms with Crippen molar-refractivity contribution < 1.29 is 9.47 Å². The number of anilines is 1. The molecule has 0 aliphatic heterocycles. The van der Waals surface area contributed by atoms with Gasteiger partial charge in [-0.1, -0.05) is 12.2 Å². The average molecular weight is 311 g/mol. The van der Waals surface area contributed by atoms with Crippen molar-refractivity contribution in [3.63, 3.8) is 0 Å². The van der Waals surface area contributed by atoms with E-state index in [0.29, 0.717) is 24.7 Å². The van der Waals surface area contributed by atoms with Gasteiger partial charge in [-0.15, -0.1) is 0 Å².